The highest BCUT2D eigenvalue weighted by Crippen LogP contribution is 2.22. The number of thioether (sulfide) groups is 1. The Kier molecular flexibility index (Phi) is 6.66. The molecular weight excluding hydrogens is 396 g/mol. The van der Waals surface area contributed by atoms with Gasteiger partial charge in [-0.2, -0.15) is 4.99 Å². The summed E-state index contributed by atoms with van der Waals surface area (Å²) in [6.07, 6.45) is 1.93. The molecular formula is C20H20N2O4S2. The van der Waals surface area contributed by atoms with Gasteiger partial charge in [-0.3, -0.25) is 4.79 Å². The molecule has 0 aliphatic rings. The predicted octanol–water partition coefficient (Wildman–Crippen LogP) is 3.60. The predicted molar refractivity (Wildman–Crippen MR) is 111 cm³/mol. The molecule has 6 nitrogen and oxygen atoms in total. The van der Waals surface area contributed by atoms with Gasteiger partial charge in [-0.1, -0.05) is 23.5 Å². The molecule has 1 amide bonds. The van der Waals surface area contributed by atoms with Crippen molar-refractivity contribution in [2.45, 2.75) is 11.4 Å². The van der Waals surface area contributed by atoms with Crippen LogP contribution in [0.25, 0.3) is 10.2 Å². The third-order valence-electron chi connectivity index (χ3n) is 4.16. The number of aromatic nitrogens is 1. The molecule has 0 spiro atoms. The van der Waals surface area contributed by atoms with E-state index in [4.69, 9.17) is 9.47 Å². The number of methoxy groups -OCH3 is 2. The number of hydrogen-bond donors (Lipinski definition) is 0. The number of nitrogens with zero attached hydrogens (tertiary/aromatic N) is 2. The summed E-state index contributed by atoms with van der Waals surface area (Å²) in [6.45, 7) is 1.03. The molecule has 2 aromatic carbocycles. The van der Waals surface area contributed by atoms with E-state index in [0.717, 1.165) is 15.1 Å². The van der Waals surface area contributed by atoms with Crippen LogP contribution in [-0.2, 0) is 16.0 Å². The monoisotopic (exact) mass is 416 g/mol. The third kappa shape index (κ3) is 4.19. The Balaban J connectivity index is 2.13. The molecule has 28 heavy (non-hydrogen) atoms. The lowest BCUT2D eigenvalue weighted by Gasteiger charge is -2.05. The number of amides is 1. The standard InChI is InChI=1S/C20H20N2O4S2/c1-25-11-10-22-15-9-8-13(19(24)26-2)12-17(15)28-20(22)21-18(23)14-6-4-5-7-16(14)27-3/h4-9,12H,10-11H2,1-3H3. The van der Waals surface area contributed by atoms with Crippen LogP contribution in [0.15, 0.2) is 52.4 Å². The van der Waals surface area contributed by atoms with E-state index in [1.807, 2.05) is 35.1 Å². The maximum absolute atomic E-state index is 12.8. The van der Waals surface area contributed by atoms with Crippen LogP contribution in [0.2, 0.25) is 0 Å². The van der Waals surface area contributed by atoms with Gasteiger partial charge in [-0.05, 0) is 36.6 Å². The molecule has 0 fully saturated rings. The summed E-state index contributed by atoms with van der Waals surface area (Å²) in [6, 6.07) is 12.7. The lowest BCUT2D eigenvalue weighted by Crippen LogP contribution is -2.19. The van der Waals surface area contributed by atoms with Gasteiger partial charge in [0.15, 0.2) is 4.80 Å². The normalized spacial score (nSPS) is 11.8. The first-order valence-corrected chi connectivity index (χ1v) is 10.6. The van der Waals surface area contributed by atoms with Crippen molar-refractivity contribution < 1.29 is 19.1 Å². The maximum atomic E-state index is 12.8. The van der Waals surface area contributed by atoms with Crippen molar-refractivity contribution in [2.24, 2.45) is 4.99 Å². The van der Waals surface area contributed by atoms with Crippen LogP contribution >= 0.6 is 23.1 Å². The first kappa shape index (κ1) is 20.3. The number of ether oxygens (including phenoxy) is 2. The summed E-state index contributed by atoms with van der Waals surface area (Å²) in [5.41, 5.74) is 1.92. The summed E-state index contributed by atoms with van der Waals surface area (Å²) in [5.74, 6) is -0.696. The van der Waals surface area contributed by atoms with E-state index < -0.39 is 5.97 Å². The minimum Gasteiger partial charge on any atom is -0.465 e. The quantitative estimate of drug-likeness (QED) is 0.454. The van der Waals surface area contributed by atoms with Crippen LogP contribution < -0.4 is 4.80 Å². The SMILES string of the molecule is COCCn1c(=NC(=O)c2ccccc2SC)sc2cc(C(=O)OC)ccc21. The van der Waals surface area contributed by atoms with Gasteiger partial charge in [0.2, 0.25) is 0 Å². The minimum absolute atomic E-state index is 0.295. The molecule has 0 aliphatic carbocycles. The summed E-state index contributed by atoms with van der Waals surface area (Å²) >= 11 is 2.87. The molecule has 146 valence electrons. The molecule has 0 unspecified atom stereocenters. The average Bonchev–Trinajstić information content (AvgIpc) is 3.07. The Morgan fingerprint density at radius 2 is 1.96 bits per heavy atom. The van der Waals surface area contributed by atoms with Crippen molar-refractivity contribution in [1.29, 1.82) is 0 Å². The Hall–Kier alpha value is -2.42. The molecule has 0 radical (unpaired) electrons. The Bertz CT molecular complexity index is 1090. The summed E-state index contributed by atoms with van der Waals surface area (Å²) in [4.78, 5) is 30.5. The number of fused-ring (bicyclic) bond motifs is 1. The second-order valence-corrected chi connectivity index (χ2v) is 7.68. The molecule has 0 saturated heterocycles. The fourth-order valence-corrected chi connectivity index (χ4v) is 4.45. The lowest BCUT2D eigenvalue weighted by molar-refractivity contribution is 0.0601. The van der Waals surface area contributed by atoms with Gasteiger partial charge in [0, 0.05) is 18.6 Å². The maximum Gasteiger partial charge on any atom is 0.337 e. The number of hydrogen-bond acceptors (Lipinski definition) is 6. The number of rotatable bonds is 6. The fourth-order valence-electron chi connectivity index (χ4n) is 2.77. The molecule has 0 aliphatic heterocycles. The number of thiazole rings is 1. The van der Waals surface area contributed by atoms with Gasteiger partial charge < -0.3 is 14.0 Å². The third-order valence-corrected chi connectivity index (χ3v) is 5.99. The number of esters is 1. The van der Waals surface area contributed by atoms with Crippen LogP contribution in [0, 0.1) is 0 Å². The fraction of sp³-hybridized carbons (Fsp3) is 0.250. The van der Waals surface area contributed by atoms with Crippen molar-refractivity contribution in [3.63, 3.8) is 0 Å². The second kappa shape index (κ2) is 9.18. The van der Waals surface area contributed by atoms with Gasteiger partial charge in [-0.15, -0.1) is 11.8 Å². The van der Waals surface area contributed by atoms with Crippen LogP contribution in [0.3, 0.4) is 0 Å². The smallest absolute Gasteiger partial charge is 0.337 e. The molecule has 3 aromatic rings. The Morgan fingerprint density at radius 3 is 2.68 bits per heavy atom. The average molecular weight is 417 g/mol. The van der Waals surface area contributed by atoms with E-state index >= 15 is 0 Å². The highest BCUT2D eigenvalue weighted by molar-refractivity contribution is 7.98. The van der Waals surface area contributed by atoms with Crippen molar-refractivity contribution >= 4 is 45.2 Å². The van der Waals surface area contributed by atoms with Crippen LogP contribution in [0.5, 0.6) is 0 Å². The van der Waals surface area contributed by atoms with Crippen molar-refractivity contribution in [2.75, 3.05) is 27.1 Å². The largest absolute Gasteiger partial charge is 0.465 e. The van der Waals surface area contributed by atoms with Crippen LogP contribution in [0.1, 0.15) is 20.7 Å². The molecule has 3 rings (SSSR count). The topological polar surface area (TPSA) is 69.9 Å². The van der Waals surface area contributed by atoms with Crippen molar-refractivity contribution in [1.82, 2.24) is 4.57 Å². The zero-order valence-corrected chi connectivity index (χ0v) is 17.4. The van der Waals surface area contributed by atoms with Crippen LogP contribution in [-0.4, -0.2) is 43.5 Å². The first-order chi connectivity index (χ1) is 13.6. The van der Waals surface area contributed by atoms with Gasteiger partial charge in [0.1, 0.15) is 0 Å². The molecule has 8 heteroatoms. The molecule has 1 aromatic heterocycles. The van der Waals surface area contributed by atoms with Crippen molar-refractivity contribution in [3.05, 3.63) is 58.4 Å². The van der Waals surface area contributed by atoms with Crippen LogP contribution in [0.4, 0.5) is 0 Å². The van der Waals surface area contributed by atoms with E-state index in [-0.39, 0.29) is 5.91 Å². The van der Waals surface area contributed by atoms with Gasteiger partial charge in [-0.25, -0.2) is 4.79 Å². The van der Waals surface area contributed by atoms with Gasteiger partial charge >= 0.3 is 5.97 Å². The Morgan fingerprint density at radius 1 is 1.18 bits per heavy atom. The lowest BCUT2D eigenvalue weighted by atomic mass is 10.2. The summed E-state index contributed by atoms with van der Waals surface area (Å²) in [5, 5.41) is 0. The number of carbonyl (C=O) groups excluding carboxylic acids is 2. The van der Waals surface area contributed by atoms with E-state index in [1.54, 1.807) is 25.3 Å². The molecule has 0 N–H and O–H groups in total. The number of benzene rings is 2. The Labute approximate surface area is 170 Å². The van der Waals surface area contributed by atoms with E-state index in [9.17, 15) is 9.59 Å². The summed E-state index contributed by atoms with van der Waals surface area (Å²) in [7, 11) is 2.98. The second-order valence-electron chi connectivity index (χ2n) is 5.82. The van der Waals surface area contributed by atoms with Gasteiger partial charge in [0.25, 0.3) is 5.91 Å². The van der Waals surface area contributed by atoms with E-state index in [2.05, 4.69) is 4.99 Å². The zero-order chi connectivity index (χ0) is 20.1. The summed E-state index contributed by atoms with van der Waals surface area (Å²) < 4.78 is 12.8. The highest BCUT2D eigenvalue weighted by atomic mass is 32.2. The van der Waals surface area contributed by atoms with Crippen molar-refractivity contribution in [3.8, 4) is 0 Å². The first-order valence-electron chi connectivity index (χ1n) is 8.51. The molecule has 1 heterocycles. The number of carbonyl (C=O) groups is 2. The highest BCUT2D eigenvalue weighted by Gasteiger charge is 2.14. The van der Waals surface area contributed by atoms with E-state index in [0.29, 0.717) is 29.1 Å². The minimum atomic E-state index is -0.401. The molecule has 0 bridgehead atoms. The van der Waals surface area contributed by atoms with Gasteiger partial charge in [0.05, 0.1) is 35.1 Å². The zero-order valence-electron chi connectivity index (χ0n) is 15.8. The molecule has 0 saturated carbocycles. The molecule has 0 atom stereocenters. The van der Waals surface area contributed by atoms with E-state index in [1.165, 1.54) is 30.2 Å².